The maximum Gasteiger partial charge on any atom is 0.247 e. The molecular weight excluding hydrogens is 426 g/mol. The van der Waals surface area contributed by atoms with Crippen molar-refractivity contribution >= 4 is 33.4 Å². The molecule has 30 heavy (non-hydrogen) atoms. The number of sulfonamides is 1. The molecule has 0 spiro atoms. The zero-order chi connectivity index (χ0) is 22.1. The van der Waals surface area contributed by atoms with E-state index < -0.39 is 22.0 Å². The van der Waals surface area contributed by atoms with E-state index in [1.54, 1.807) is 36.4 Å². The summed E-state index contributed by atoms with van der Waals surface area (Å²) in [5.41, 5.74) is 0.645. The van der Waals surface area contributed by atoms with Crippen molar-refractivity contribution in [3.05, 3.63) is 65.2 Å². The van der Waals surface area contributed by atoms with Gasteiger partial charge >= 0.3 is 0 Å². The molecule has 2 rings (SSSR count). The first kappa shape index (κ1) is 23.9. The quantitative estimate of drug-likeness (QED) is 0.483. The number of halogens is 1. The number of rotatable bonds is 10. The summed E-state index contributed by atoms with van der Waals surface area (Å²) in [4.78, 5) is 24.9. The smallest absolute Gasteiger partial charge is 0.247 e. The first-order valence-electron chi connectivity index (χ1n) is 9.56. The standard InChI is InChI=1S/C21H26ClN3O4S/c1-15(2)13-19(26)25-20(16-7-4-3-5-8-16)21(27)23-11-12-24-30(28,29)18-10-6-9-17(22)14-18/h3-10,14-15,20,24H,11-13H2,1-2H3,(H,23,27)(H,25,26). The van der Waals surface area contributed by atoms with Crippen LogP contribution in [0.3, 0.4) is 0 Å². The minimum Gasteiger partial charge on any atom is -0.353 e. The number of carbonyl (C=O) groups is 2. The van der Waals surface area contributed by atoms with Crippen LogP contribution in [0, 0.1) is 5.92 Å². The number of amides is 2. The van der Waals surface area contributed by atoms with Crippen molar-refractivity contribution in [3.63, 3.8) is 0 Å². The van der Waals surface area contributed by atoms with Crippen molar-refractivity contribution < 1.29 is 18.0 Å². The van der Waals surface area contributed by atoms with Crippen LogP contribution in [-0.4, -0.2) is 33.3 Å². The van der Waals surface area contributed by atoms with Crippen LogP contribution in [0.25, 0.3) is 0 Å². The molecule has 0 aromatic heterocycles. The Balaban J connectivity index is 1.96. The Morgan fingerprint density at radius 3 is 2.33 bits per heavy atom. The summed E-state index contributed by atoms with van der Waals surface area (Å²) >= 11 is 5.84. The minimum absolute atomic E-state index is 0.0119. The third-order valence-electron chi connectivity index (χ3n) is 4.12. The minimum atomic E-state index is -3.74. The van der Waals surface area contributed by atoms with Crippen LogP contribution >= 0.6 is 11.6 Å². The Kier molecular flexibility index (Phi) is 8.83. The Morgan fingerprint density at radius 1 is 1.00 bits per heavy atom. The number of hydrogen-bond acceptors (Lipinski definition) is 4. The van der Waals surface area contributed by atoms with E-state index in [2.05, 4.69) is 15.4 Å². The molecule has 2 aromatic carbocycles. The summed E-state index contributed by atoms with van der Waals surface area (Å²) in [5.74, 6) is -0.485. The average Bonchev–Trinajstić information content (AvgIpc) is 2.69. The van der Waals surface area contributed by atoms with Gasteiger partial charge < -0.3 is 10.6 Å². The average molecular weight is 452 g/mol. The van der Waals surface area contributed by atoms with E-state index in [9.17, 15) is 18.0 Å². The highest BCUT2D eigenvalue weighted by atomic mass is 35.5. The first-order valence-corrected chi connectivity index (χ1v) is 11.4. The lowest BCUT2D eigenvalue weighted by molar-refractivity contribution is -0.129. The highest BCUT2D eigenvalue weighted by Gasteiger charge is 2.23. The SMILES string of the molecule is CC(C)CC(=O)NC(C(=O)NCCNS(=O)(=O)c1cccc(Cl)c1)c1ccccc1. The van der Waals surface area contributed by atoms with E-state index in [0.717, 1.165) is 0 Å². The molecule has 0 aliphatic rings. The van der Waals surface area contributed by atoms with Gasteiger partial charge in [0.15, 0.2) is 0 Å². The molecule has 0 fully saturated rings. The van der Waals surface area contributed by atoms with Gasteiger partial charge in [0.2, 0.25) is 21.8 Å². The highest BCUT2D eigenvalue weighted by Crippen LogP contribution is 2.15. The highest BCUT2D eigenvalue weighted by molar-refractivity contribution is 7.89. The maximum absolute atomic E-state index is 12.7. The van der Waals surface area contributed by atoms with Crippen molar-refractivity contribution in [1.29, 1.82) is 0 Å². The van der Waals surface area contributed by atoms with Crippen molar-refractivity contribution in [2.45, 2.75) is 31.2 Å². The lowest BCUT2D eigenvalue weighted by Crippen LogP contribution is -2.43. The Labute approximate surface area is 182 Å². The molecule has 1 atom stereocenters. The Bertz CT molecular complexity index is 965. The van der Waals surface area contributed by atoms with Gasteiger partial charge in [-0.15, -0.1) is 0 Å². The van der Waals surface area contributed by atoms with Crippen molar-refractivity contribution in [2.75, 3.05) is 13.1 Å². The lowest BCUT2D eigenvalue weighted by atomic mass is 10.0. The van der Waals surface area contributed by atoms with Crippen molar-refractivity contribution in [2.24, 2.45) is 5.92 Å². The van der Waals surface area contributed by atoms with E-state index in [-0.39, 0.29) is 29.8 Å². The molecule has 0 bridgehead atoms. The molecule has 0 heterocycles. The molecule has 1 unspecified atom stereocenters. The molecule has 2 aromatic rings. The van der Waals surface area contributed by atoms with Gasteiger partial charge in [0.1, 0.15) is 6.04 Å². The summed E-state index contributed by atoms with van der Waals surface area (Å²) in [6, 6.07) is 13.9. The van der Waals surface area contributed by atoms with Crippen molar-refractivity contribution in [1.82, 2.24) is 15.4 Å². The molecule has 7 nitrogen and oxygen atoms in total. The van der Waals surface area contributed by atoms with Gasteiger partial charge in [-0.05, 0) is 29.7 Å². The topological polar surface area (TPSA) is 104 Å². The largest absolute Gasteiger partial charge is 0.353 e. The number of nitrogens with one attached hydrogen (secondary N) is 3. The normalized spacial score (nSPS) is 12.4. The van der Waals surface area contributed by atoms with Crippen LogP contribution in [-0.2, 0) is 19.6 Å². The van der Waals surface area contributed by atoms with Gasteiger partial charge in [0.25, 0.3) is 0 Å². The fourth-order valence-corrected chi connectivity index (χ4v) is 4.06. The van der Waals surface area contributed by atoms with Crippen LogP contribution in [0.15, 0.2) is 59.5 Å². The number of carbonyl (C=O) groups excluding carboxylic acids is 2. The zero-order valence-electron chi connectivity index (χ0n) is 16.9. The molecule has 162 valence electrons. The van der Waals surface area contributed by atoms with E-state index in [4.69, 9.17) is 11.6 Å². The van der Waals surface area contributed by atoms with E-state index >= 15 is 0 Å². The molecule has 3 N–H and O–H groups in total. The van der Waals surface area contributed by atoms with Crippen LogP contribution in [0.2, 0.25) is 5.02 Å². The molecule has 9 heteroatoms. The molecule has 0 saturated heterocycles. The molecule has 0 aliphatic carbocycles. The third-order valence-corrected chi connectivity index (χ3v) is 5.81. The molecular formula is C21H26ClN3O4S. The van der Waals surface area contributed by atoms with Gasteiger partial charge in [0, 0.05) is 24.5 Å². The van der Waals surface area contributed by atoms with Crippen LogP contribution in [0.4, 0.5) is 0 Å². The number of hydrogen-bond donors (Lipinski definition) is 3. The summed E-state index contributed by atoms with van der Waals surface area (Å²) < 4.78 is 27.0. The molecule has 2 amide bonds. The molecule has 0 radical (unpaired) electrons. The molecule has 0 aliphatic heterocycles. The van der Waals surface area contributed by atoms with Gasteiger partial charge in [0.05, 0.1) is 4.90 Å². The third kappa shape index (κ3) is 7.44. The summed E-state index contributed by atoms with van der Waals surface area (Å²) in [6.45, 7) is 3.89. The van der Waals surface area contributed by atoms with Gasteiger partial charge in [-0.3, -0.25) is 9.59 Å². The Morgan fingerprint density at radius 2 is 1.70 bits per heavy atom. The van der Waals surface area contributed by atoms with Gasteiger partial charge in [-0.1, -0.05) is 61.8 Å². The monoisotopic (exact) mass is 451 g/mol. The summed E-state index contributed by atoms with van der Waals surface area (Å²) in [5, 5.41) is 5.73. The fraction of sp³-hybridized carbons (Fsp3) is 0.333. The van der Waals surface area contributed by atoms with E-state index in [1.807, 2.05) is 19.9 Å². The first-order chi connectivity index (χ1) is 14.2. The predicted octanol–water partition coefficient (Wildman–Crippen LogP) is 2.64. The predicted molar refractivity (Wildman–Crippen MR) is 116 cm³/mol. The van der Waals surface area contributed by atoms with Crippen molar-refractivity contribution in [3.8, 4) is 0 Å². The van der Waals surface area contributed by atoms with Crippen LogP contribution in [0.5, 0.6) is 0 Å². The second kappa shape index (κ2) is 11.1. The molecule has 0 saturated carbocycles. The van der Waals surface area contributed by atoms with Gasteiger partial charge in [-0.2, -0.15) is 0 Å². The maximum atomic E-state index is 12.7. The summed E-state index contributed by atoms with van der Waals surface area (Å²) in [6.07, 6.45) is 0.302. The Hall–Kier alpha value is -2.42. The van der Waals surface area contributed by atoms with Gasteiger partial charge in [-0.25, -0.2) is 13.1 Å². The van der Waals surface area contributed by atoms with E-state index in [0.29, 0.717) is 17.0 Å². The second-order valence-electron chi connectivity index (χ2n) is 7.16. The number of benzene rings is 2. The zero-order valence-corrected chi connectivity index (χ0v) is 18.5. The van der Waals surface area contributed by atoms with E-state index in [1.165, 1.54) is 12.1 Å². The van der Waals surface area contributed by atoms with Crippen LogP contribution in [0.1, 0.15) is 31.9 Å². The second-order valence-corrected chi connectivity index (χ2v) is 9.36. The lowest BCUT2D eigenvalue weighted by Gasteiger charge is -2.19. The summed E-state index contributed by atoms with van der Waals surface area (Å²) in [7, 11) is -3.74. The fourth-order valence-electron chi connectivity index (χ4n) is 2.73. The van der Waals surface area contributed by atoms with Crippen LogP contribution < -0.4 is 15.4 Å².